The summed E-state index contributed by atoms with van der Waals surface area (Å²) < 4.78 is 9.84. The van der Waals surface area contributed by atoms with Gasteiger partial charge in [0.05, 0.1) is 0 Å². The van der Waals surface area contributed by atoms with E-state index in [-0.39, 0.29) is 0 Å². The lowest BCUT2D eigenvalue weighted by Crippen LogP contribution is -1.59. The molecule has 0 aromatic heterocycles. The number of hydrogen-bond donors (Lipinski definition) is 0. The van der Waals surface area contributed by atoms with Gasteiger partial charge < -0.3 is 0 Å². The van der Waals surface area contributed by atoms with Crippen molar-refractivity contribution in [1.29, 1.82) is 0 Å². The summed E-state index contributed by atoms with van der Waals surface area (Å²) in [6.45, 7) is 0. The average Bonchev–Trinajstić information content (AvgIpc) is 1.44. The fourth-order valence-electron chi connectivity index (χ4n) is 0.442. The molecule has 0 aromatic rings. The number of rotatable bonds is 0. The largest absolute Gasteiger partial charge is 0.203 e. The van der Waals surface area contributed by atoms with Crippen LogP contribution in [-0.2, 0) is 0 Å². The van der Waals surface area contributed by atoms with E-state index >= 15 is 0 Å². The molecule has 0 spiro atoms. The van der Waals surface area contributed by atoms with Crippen molar-refractivity contribution in [3.05, 3.63) is 0 Å². The molecular formula is I6N3P3. The first-order valence-corrected chi connectivity index (χ1v) is 24.0. The molecule has 1 aliphatic heterocycles. The van der Waals surface area contributed by atoms with Crippen molar-refractivity contribution in [2.75, 3.05) is 0 Å². The van der Waals surface area contributed by atoms with Gasteiger partial charge in [0.25, 0.3) is 0 Å². The molecule has 1 aliphatic rings. The Kier molecular flexibility index (Phi) is 6.77. The standard InChI is InChI=1S/I6N3P3/c1-10(2)7-11(3,4)9-12(5,6)8-10. The molecule has 0 amide bonds. The minimum Gasteiger partial charge on any atom is -0.203 e. The van der Waals surface area contributed by atoms with Crippen LogP contribution in [0.5, 0.6) is 0 Å². The van der Waals surface area contributed by atoms with Crippen LogP contribution in [0.1, 0.15) is 0 Å². The fraction of sp³-hybridized carbons (Fsp3) is 0. The van der Waals surface area contributed by atoms with Gasteiger partial charge in [-0.05, 0) is 0 Å². The van der Waals surface area contributed by atoms with Gasteiger partial charge in [0.15, 0.2) is 7.47 Å². The molecule has 3 nitrogen and oxygen atoms in total. The van der Waals surface area contributed by atoms with Gasteiger partial charge in [0.1, 0.15) is 0 Å². The van der Waals surface area contributed by atoms with Crippen LogP contribution in [0.2, 0.25) is 0 Å². The van der Waals surface area contributed by atoms with Gasteiger partial charge in [0, 0.05) is 132 Å². The molecule has 0 unspecified atom stereocenters. The summed E-state index contributed by atoms with van der Waals surface area (Å²) in [6, 6.07) is 0. The number of nitrogens with zero attached hydrogens (tertiary/aromatic N) is 3. The second-order valence-corrected chi connectivity index (χ2v) is 47.3. The minimum atomic E-state index is -1.41. The maximum Gasteiger partial charge on any atom is 0.196 e. The third kappa shape index (κ3) is 5.61. The third-order valence-electron chi connectivity index (χ3n) is 0.646. The SMILES string of the molecule is IP1(I)=NP(I)(I)=NP(I)(I)=N1. The molecule has 0 aliphatic carbocycles. The lowest BCUT2D eigenvalue weighted by atomic mass is 13.8. The molecular weight excluding hydrogens is 896 g/mol. The van der Waals surface area contributed by atoms with E-state index in [1.165, 1.54) is 0 Å². The van der Waals surface area contributed by atoms with Crippen molar-refractivity contribution in [2.24, 2.45) is 13.5 Å². The van der Waals surface area contributed by atoms with Gasteiger partial charge in [-0.3, -0.25) is 0 Å². The van der Waals surface area contributed by atoms with Crippen LogP contribution in [0, 0.1) is 0 Å². The fourth-order valence-corrected chi connectivity index (χ4v) is 75.0. The summed E-state index contributed by atoms with van der Waals surface area (Å²) in [5.74, 6) is 0. The van der Waals surface area contributed by atoms with Crippen LogP contribution in [0.15, 0.2) is 13.5 Å². The summed E-state index contributed by atoms with van der Waals surface area (Å²) in [5.41, 5.74) is 0. The Hall–Kier alpha value is 5.07. The van der Waals surface area contributed by atoms with Crippen molar-refractivity contribution in [3.63, 3.8) is 0 Å². The van der Waals surface area contributed by atoms with E-state index in [0.29, 0.717) is 0 Å². The molecule has 0 bridgehead atoms. The lowest BCUT2D eigenvalue weighted by Gasteiger charge is -2.18. The van der Waals surface area contributed by atoms with Gasteiger partial charge >= 0.3 is 0 Å². The Morgan fingerprint density at radius 3 is 0.833 bits per heavy atom. The van der Waals surface area contributed by atoms with E-state index in [1.807, 2.05) is 0 Å². The topological polar surface area (TPSA) is 37.1 Å². The predicted octanol–water partition coefficient (Wildman–Crippen LogP) is 8.45. The minimum absolute atomic E-state index is 1.41. The summed E-state index contributed by atoms with van der Waals surface area (Å²) in [4.78, 5) is 0. The van der Waals surface area contributed by atoms with E-state index < -0.39 is 7.47 Å². The Morgan fingerprint density at radius 2 is 0.667 bits per heavy atom. The Labute approximate surface area is 149 Å². The zero-order chi connectivity index (χ0) is 9.62. The van der Waals surface area contributed by atoms with Crippen molar-refractivity contribution in [1.82, 2.24) is 0 Å². The van der Waals surface area contributed by atoms with Gasteiger partial charge in [-0.2, -0.15) is 0 Å². The molecule has 0 saturated carbocycles. The lowest BCUT2D eigenvalue weighted by molar-refractivity contribution is 1.84. The molecule has 1 heterocycles. The van der Waals surface area contributed by atoms with Gasteiger partial charge in [-0.1, -0.05) is 0 Å². The number of halogens is 6. The highest BCUT2D eigenvalue weighted by atomic mass is 127. The molecule has 0 atom stereocenters. The van der Waals surface area contributed by atoms with Crippen molar-refractivity contribution in [2.45, 2.75) is 0 Å². The van der Waals surface area contributed by atoms with Crippen molar-refractivity contribution in [3.8, 4) is 0 Å². The third-order valence-corrected chi connectivity index (χ3v) is 26.7. The van der Waals surface area contributed by atoms with Crippen LogP contribution in [0.3, 0.4) is 0 Å². The molecule has 0 N–H and O–H groups in total. The normalized spacial score (nSPS) is 29.5. The van der Waals surface area contributed by atoms with E-state index in [0.717, 1.165) is 0 Å². The molecule has 0 aromatic carbocycles. The zero-order valence-corrected chi connectivity index (χ0v) is 20.6. The zero-order valence-electron chi connectivity index (χ0n) is 4.95. The van der Waals surface area contributed by atoms with E-state index in [9.17, 15) is 0 Å². The van der Waals surface area contributed by atoms with Crippen LogP contribution in [0.25, 0.3) is 0 Å². The van der Waals surface area contributed by atoms with Gasteiger partial charge in [-0.15, -0.1) is 0 Å². The van der Waals surface area contributed by atoms with Crippen molar-refractivity contribution >= 4 is 140 Å². The summed E-state index contributed by atoms with van der Waals surface area (Å²) in [7, 11) is 0. The van der Waals surface area contributed by atoms with Crippen LogP contribution >= 0.6 is 140 Å². The molecule has 0 fully saturated rings. The smallest absolute Gasteiger partial charge is 0.196 e. The van der Waals surface area contributed by atoms with E-state index in [4.69, 9.17) is 13.5 Å². The highest BCUT2D eigenvalue weighted by Gasteiger charge is 2.27. The maximum absolute atomic E-state index is 4.70. The second-order valence-electron chi connectivity index (χ2n) is 1.64. The number of hydrogen-bond acceptors (Lipinski definition) is 3. The second kappa shape index (κ2) is 5.37. The first-order chi connectivity index (χ1) is 5.12. The van der Waals surface area contributed by atoms with E-state index in [1.54, 1.807) is 0 Å². The highest BCUT2D eigenvalue weighted by Crippen LogP contribution is 2.92. The van der Waals surface area contributed by atoms with Crippen LogP contribution in [-0.4, -0.2) is 0 Å². The van der Waals surface area contributed by atoms with Gasteiger partial charge in [0.2, 0.25) is 0 Å². The molecule has 12 heteroatoms. The van der Waals surface area contributed by atoms with Gasteiger partial charge in [-0.25, -0.2) is 13.5 Å². The Morgan fingerprint density at radius 1 is 0.500 bits per heavy atom. The maximum atomic E-state index is 4.70. The van der Waals surface area contributed by atoms with Crippen LogP contribution < -0.4 is 0 Å². The monoisotopic (exact) mass is 896 g/mol. The molecule has 0 radical (unpaired) electrons. The Bertz CT molecular complexity index is 275. The summed E-state index contributed by atoms with van der Waals surface area (Å²) in [6.07, 6.45) is 0. The first kappa shape index (κ1) is 15.1. The van der Waals surface area contributed by atoms with E-state index in [2.05, 4.69) is 132 Å². The molecule has 72 valence electrons. The summed E-state index contributed by atoms with van der Waals surface area (Å²) >= 11 is 14.3. The molecule has 1 rings (SSSR count). The molecule has 12 heavy (non-hydrogen) atoms. The predicted molar refractivity (Wildman–Crippen MR) is 112 cm³/mol. The highest BCUT2D eigenvalue weighted by molar-refractivity contribution is 14.3. The quantitative estimate of drug-likeness (QED) is 0.173. The average molecular weight is 896 g/mol. The first-order valence-electron chi connectivity index (χ1n) is 2.21. The summed E-state index contributed by atoms with van der Waals surface area (Å²) in [5, 5.41) is 0. The molecule has 0 saturated heterocycles. The van der Waals surface area contributed by atoms with Crippen LogP contribution in [0.4, 0.5) is 0 Å². The van der Waals surface area contributed by atoms with Crippen molar-refractivity contribution < 1.29 is 0 Å². The Balaban J connectivity index is 3.46.